The Hall–Kier alpha value is -3.42. The molecule has 8 nitrogen and oxygen atoms in total. The van der Waals surface area contributed by atoms with Crippen molar-refractivity contribution in [1.29, 1.82) is 0 Å². The van der Waals surface area contributed by atoms with E-state index in [4.69, 9.17) is 9.47 Å². The molecule has 0 atom stereocenters. The number of para-hydroxylation sites is 1. The van der Waals surface area contributed by atoms with E-state index in [-0.39, 0.29) is 19.2 Å². The molecule has 0 aliphatic carbocycles. The fraction of sp³-hybridized carbons (Fsp3) is 0.176. The highest BCUT2D eigenvalue weighted by molar-refractivity contribution is 5.99. The third-order valence-corrected chi connectivity index (χ3v) is 3.85. The molecule has 1 amide bonds. The van der Waals surface area contributed by atoms with Gasteiger partial charge in [0.15, 0.2) is 11.5 Å². The molecule has 1 aliphatic heterocycles. The van der Waals surface area contributed by atoms with Gasteiger partial charge in [-0.15, -0.1) is 5.10 Å². The smallest absolute Gasteiger partial charge is 0.261 e. The lowest BCUT2D eigenvalue weighted by molar-refractivity contribution is -0.121. The van der Waals surface area contributed by atoms with Crippen LogP contribution in [0.15, 0.2) is 47.6 Å². The number of ether oxygens (including phenoxy) is 2. The molecule has 2 aromatic carbocycles. The van der Waals surface area contributed by atoms with Crippen LogP contribution < -0.4 is 14.9 Å². The summed E-state index contributed by atoms with van der Waals surface area (Å²) >= 11 is 0. The Balaban J connectivity index is 1.44. The predicted octanol–water partition coefficient (Wildman–Crippen LogP) is 1.70. The van der Waals surface area contributed by atoms with Crippen LogP contribution in [0.3, 0.4) is 0 Å². The van der Waals surface area contributed by atoms with Crippen molar-refractivity contribution in [1.82, 2.24) is 20.4 Å². The molecule has 25 heavy (non-hydrogen) atoms. The number of fused-ring (bicyclic) bond motifs is 2. The van der Waals surface area contributed by atoms with E-state index in [0.29, 0.717) is 17.2 Å². The first kappa shape index (κ1) is 15.1. The molecule has 0 fully saturated rings. The molecule has 126 valence electrons. The Morgan fingerprint density at radius 3 is 3.00 bits per heavy atom. The van der Waals surface area contributed by atoms with Gasteiger partial charge in [-0.3, -0.25) is 4.79 Å². The molecule has 0 saturated heterocycles. The zero-order valence-electron chi connectivity index (χ0n) is 13.5. The van der Waals surface area contributed by atoms with E-state index in [2.05, 4.69) is 20.8 Å². The van der Waals surface area contributed by atoms with Gasteiger partial charge in [0.05, 0.1) is 11.2 Å². The zero-order valence-corrected chi connectivity index (χ0v) is 13.5. The van der Waals surface area contributed by atoms with Gasteiger partial charge >= 0.3 is 0 Å². The summed E-state index contributed by atoms with van der Waals surface area (Å²) < 4.78 is 12.2. The van der Waals surface area contributed by atoms with E-state index in [1.807, 2.05) is 49.4 Å². The summed E-state index contributed by atoms with van der Waals surface area (Å²) in [7, 11) is 0. The number of carbonyl (C=O) groups is 1. The number of aromatic nitrogens is 3. The molecule has 2 heterocycles. The third-order valence-electron chi connectivity index (χ3n) is 3.85. The van der Waals surface area contributed by atoms with Crippen molar-refractivity contribution in [3.63, 3.8) is 0 Å². The van der Waals surface area contributed by atoms with Crippen LogP contribution >= 0.6 is 0 Å². The van der Waals surface area contributed by atoms with Crippen LogP contribution in [0.1, 0.15) is 12.5 Å². The summed E-state index contributed by atoms with van der Waals surface area (Å²) in [4.78, 5) is 12.1. The van der Waals surface area contributed by atoms with Crippen molar-refractivity contribution >= 4 is 22.7 Å². The van der Waals surface area contributed by atoms with E-state index in [9.17, 15) is 4.79 Å². The van der Waals surface area contributed by atoms with Crippen LogP contribution in [0.2, 0.25) is 0 Å². The molecule has 0 spiro atoms. The van der Waals surface area contributed by atoms with E-state index in [1.165, 1.54) is 4.68 Å². The average Bonchev–Trinajstić information content (AvgIpc) is 3.26. The molecule has 1 aliphatic rings. The van der Waals surface area contributed by atoms with Crippen LogP contribution in [0.5, 0.6) is 11.5 Å². The maximum absolute atomic E-state index is 12.1. The standard InChI is InChI=1S/C17H15N5O3/c1-11(12-6-7-15-16(8-12)25-10-24-15)18-20-17(23)9-22-14-5-3-2-4-13(14)19-21-22/h2-8H,9-10H2,1H3,(H,20,23)/b18-11-. The van der Waals surface area contributed by atoms with Crippen LogP contribution in [0.4, 0.5) is 0 Å². The summed E-state index contributed by atoms with van der Waals surface area (Å²) in [5.41, 5.74) is 5.59. The molecule has 4 rings (SSSR count). The SMILES string of the molecule is C/C(=N/NC(=O)Cn1nnc2ccccc21)c1ccc2c(c1)OCO2. The molecule has 3 aromatic rings. The van der Waals surface area contributed by atoms with Gasteiger partial charge in [0, 0.05) is 5.56 Å². The van der Waals surface area contributed by atoms with Gasteiger partial charge in [-0.1, -0.05) is 17.3 Å². The van der Waals surface area contributed by atoms with Crippen molar-refractivity contribution in [3.8, 4) is 11.5 Å². The van der Waals surface area contributed by atoms with Crippen LogP contribution in [0, 0.1) is 0 Å². The molecular formula is C17H15N5O3. The highest BCUT2D eigenvalue weighted by Gasteiger charge is 2.14. The van der Waals surface area contributed by atoms with E-state index in [0.717, 1.165) is 16.6 Å². The predicted molar refractivity (Wildman–Crippen MR) is 90.4 cm³/mol. The highest BCUT2D eigenvalue weighted by atomic mass is 16.7. The third kappa shape index (κ3) is 3.01. The van der Waals surface area contributed by atoms with Crippen LogP contribution in [0.25, 0.3) is 11.0 Å². The van der Waals surface area contributed by atoms with Gasteiger partial charge in [0.2, 0.25) is 6.79 Å². The van der Waals surface area contributed by atoms with Gasteiger partial charge in [0.25, 0.3) is 5.91 Å². The fourth-order valence-corrected chi connectivity index (χ4v) is 2.54. The lowest BCUT2D eigenvalue weighted by Gasteiger charge is -2.05. The largest absolute Gasteiger partial charge is 0.454 e. The number of amides is 1. The minimum atomic E-state index is -0.282. The Labute approximate surface area is 143 Å². The van der Waals surface area contributed by atoms with Crippen molar-refractivity contribution in [2.75, 3.05) is 6.79 Å². The Morgan fingerprint density at radius 2 is 2.08 bits per heavy atom. The molecular weight excluding hydrogens is 322 g/mol. The summed E-state index contributed by atoms with van der Waals surface area (Å²) in [6.07, 6.45) is 0. The fourth-order valence-electron chi connectivity index (χ4n) is 2.54. The first-order valence-electron chi connectivity index (χ1n) is 7.72. The second kappa shape index (κ2) is 6.23. The lowest BCUT2D eigenvalue weighted by Crippen LogP contribution is -2.24. The Kier molecular flexibility index (Phi) is 3.77. The molecule has 1 aromatic heterocycles. The maximum Gasteiger partial charge on any atom is 0.261 e. The number of rotatable bonds is 4. The number of nitrogens with one attached hydrogen (secondary N) is 1. The first-order valence-corrected chi connectivity index (χ1v) is 7.72. The van der Waals surface area contributed by atoms with Gasteiger partial charge in [-0.2, -0.15) is 5.10 Å². The van der Waals surface area contributed by atoms with Crippen molar-refractivity contribution in [2.45, 2.75) is 13.5 Å². The van der Waals surface area contributed by atoms with Crippen molar-refractivity contribution in [3.05, 3.63) is 48.0 Å². The monoisotopic (exact) mass is 337 g/mol. The summed E-state index contributed by atoms with van der Waals surface area (Å²) in [6.45, 7) is 2.07. The molecule has 0 unspecified atom stereocenters. The number of benzene rings is 2. The molecule has 1 N–H and O–H groups in total. The second-order valence-corrected chi connectivity index (χ2v) is 5.54. The van der Waals surface area contributed by atoms with E-state index in [1.54, 1.807) is 0 Å². The molecule has 8 heteroatoms. The van der Waals surface area contributed by atoms with Gasteiger partial charge in [-0.05, 0) is 37.3 Å². The minimum absolute atomic E-state index is 0.0401. The van der Waals surface area contributed by atoms with E-state index < -0.39 is 0 Å². The van der Waals surface area contributed by atoms with Crippen LogP contribution in [-0.4, -0.2) is 33.4 Å². The topological polar surface area (TPSA) is 90.6 Å². The summed E-state index contributed by atoms with van der Waals surface area (Å²) in [6, 6.07) is 13.0. The second-order valence-electron chi connectivity index (χ2n) is 5.54. The Bertz CT molecular complexity index is 979. The van der Waals surface area contributed by atoms with Gasteiger partial charge < -0.3 is 9.47 Å². The molecule has 0 radical (unpaired) electrons. The first-order chi connectivity index (χ1) is 12.2. The van der Waals surface area contributed by atoms with Crippen molar-refractivity contribution in [2.24, 2.45) is 5.10 Å². The van der Waals surface area contributed by atoms with Gasteiger partial charge in [0.1, 0.15) is 12.1 Å². The van der Waals surface area contributed by atoms with Crippen LogP contribution in [-0.2, 0) is 11.3 Å². The highest BCUT2D eigenvalue weighted by Crippen LogP contribution is 2.32. The van der Waals surface area contributed by atoms with E-state index >= 15 is 0 Å². The maximum atomic E-state index is 12.1. The van der Waals surface area contributed by atoms with Gasteiger partial charge in [-0.25, -0.2) is 10.1 Å². The zero-order chi connectivity index (χ0) is 17.2. The number of hydrogen-bond donors (Lipinski definition) is 1. The summed E-state index contributed by atoms with van der Waals surface area (Å²) in [5.74, 6) is 1.10. The average molecular weight is 337 g/mol. The minimum Gasteiger partial charge on any atom is -0.454 e. The number of nitrogens with zero attached hydrogens (tertiary/aromatic N) is 4. The Morgan fingerprint density at radius 1 is 1.24 bits per heavy atom. The lowest BCUT2D eigenvalue weighted by atomic mass is 10.1. The number of hydrazone groups is 1. The number of hydrogen-bond acceptors (Lipinski definition) is 6. The molecule has 0 bridgehead atoms. The normalized spacial score (nSPS) is 13.2. The number of carbonyl (C=O) groups excluding carboxylic acids is 1. The quantitative estimate of drug-likeness (QED) is 0.578. The summed E-state index contributed by atoms with van der Waals surface area (Å²) in [5, 5.41) is 12.1. The van der Waals surface area contributed by atoms with Crippen molar-refractivity contribution < 1.29 is 14.3 Å². The molecule has 0 saturated carbocycles.